The summed E-state index contributed by atoms with van der Waals surface area (Å²) in [6, 6.07) is 19.7. The Morgan fingerprint density at radius 2 is 1.65 bits per heavy atom. The highest BCUT2D eigenvalue weighted by atomic mass is 127. The molecule has 0 atom stereocenters. The first-order valence-electron chi connectivity index (χ1n) is 8.33. The molecule has 7 heteroatoms. The van der Waals surface area contributed by atoms with Gasteiger partial charge in [0.2, 0.25) is 5.91 Å². The number of amides is 1. The average molecular weight is 484 g/mol. The molecule has 0 aliphatic carbocycles. The van der Waals surface area contributed by atoms with Crippen molar-refractivity contribution in [1.29, 1.82) is 0 Å². The lowest BCUT2D eigenvalue weighted by Crippen LogP contribution is -2.39. The maximum Gasteiger partial charge on any atom is 0.246 e. The third-order valence-corrected chi connectivity index (χ3v) is 4.20. The summed E-state index contributed by atoms with van der Waals surface area (Å²) in [4.78, 5) is 17.5. The molecule has 3 N–H and O–H groups in total. The predicted octanol–water partition coefficient (Wildman–Crippen LogP) is 3.59. The molecule has 0 aliphatic heterocycles. The molecule has 0 unspecified atom stereocenters. The van der Waals surface area contributed by atoms with Crippen LogP contribution in [0.5, 0.6) is 0 Å². The maximum absolute atomic E-state index is 12.0. The Bertz CT molecular complexity index is 668. The second-order valence-electron chi connectivity index (χ2n) is 5.20. The second-order valence-corrected chi connectivity index (χ2v) is 6.37. The van der Waals surface area contributed by atoms with Crippen LogP contribution in [-0.2, 0) is 4.79 Å². The molecule has 0 saturated carbocycles. The third kappa shape index (κ3) is 9.10. The van der Waals surface area contributed by atoms with Gasteiger partial charge in [-0.25, -0.2) is 4.99 Å². The highest BCUT2D eigenvalue weighted by Crippen LogP contribution is 2.15. The maximum atomic E-state index is 12.0. The summed E-state index contributed by atoms with van der Waals surface area (Å²) in [6.45, 7) is 3.60. The van der Waals surface area contributed by atoms with E-state index in [0.717, 1.165) is 24.5 Å². The van der Waals surface area contributed by atoms with Gasteiger partial charge in [-0.2, -0.15) is 0 Å². The van der Waals surface area contributed by atoms with Crippen LogP contribution < -0.4 is 16.0 Å². The lowest BCUT2D eigenvalue weighted by Gasteiger charge is -2.11. The minimum atomic E-state index is -0.137. The van der Waals surface area contributed by atoms with Gasteiger partial charge < -0.3 is 16.0 Å². The van der Waals surface area contributed by atoms with E-state index in [1.165, 1.54) is 4.90 Å². The van der Waals surface area contributed by atoms with Crippen LogP contribution in [0, 0.1) is 0 Å². The highest BCUT2D eigenvalue weighted by Gasteiger charge is 2.03. The number of halogens is 1. The second kappa shape index (κ2) is 13.5. The van der Waals surface area contributed by atoms with Crippen LogP contribution in [0.25, 0.3) is 0 Å². The molecule has 5 nitrogen and oxygen atoms in total. The van der Waals surface area contributed by atoms with E-state index in [9.17, 15) is 4.79 Å². The molecule has 0 aromatic heterocycles. The van der Waals surface area contributed by atoms with Crippen molar-refractivity contribution in [1.82, 2.24) is 10.6 Å². The SMILES string of the molecule is CCNC(=NCC(=O)Nc1ccccc1)NCCSc1ccccc1.I. The van der Waals surface area contributed by atoms with Gasteiger partial charge >= 0.3 is 0 Å². The van der Waals surface area contributed by atoms with Crippen LogP contribution in [-0.4, -0.2) is 37.3 Å². The molecule has 0 bridgehead atoms. The molecular weight excluding hydrogens is 459 g/mol. The molecule has 140 valence electrons. The van der Waals surface area contributed by atoms with Crippen molar-refractivity contribution in [2.75, 3.05) is 30.7 Å². The summed E-state index contributed by atoms with van der Waals surface area (Å²) in [5.74, 6) is 1.44. The standard InChI is InChI=1S/C19H24N4OS.HI/c1-2-20-19(21-13-14-25-17-11-7-4-8-12-17)22-15-18(24)23-16-9-5-3-6-10-16;/h3-12H,2,13-15H2,1H3,(H,23,24)(H2,20,21,22);1H. The Morgan fingerprint density at radius 1 is 1.00 bits per heavy atom. The van der Waals surface area contributed by atoms with Gasteiger partial charge in [-0.15, -0.1) is 35.7 Å². The van der Waals surface area contributed by atoms with Gasteiger partial charge in [-0.3, -0.25) is 4.79 Å². The first-order chi connectivity index (χ1) is 12.3. The molecule has 2 aromatic rings. The Hall–Kier alpha value is -1.74. The Labute approximate surface area is 176 Å². The molecule has 0 heterocycles. The summed E-state index contributed by atoms with van der Waals surface area (Å²) in [6.07, 6.45) is 0. The number of nitrogens with zero attached hydrogens (tertiary/aromatic N) is 1. The van der Waals surface area contributed by atoms with E-state index in [2.05, 4.69) is 33.1 Å². The van der Waals surface area contributed by atoms with E-state index in [0.29, 0.717) is 5.96 Å². The van der Waals surface area contributed by atoms with Crippen molar-refractivity contribution in [3.63, 3.8) is 0 Å². The number of benzene rings is 2. The monoisotopic (exact) mass is 484 g/mol. The summed E-state index contributed by atoms with van der Waals surface area (Å²) in [5.41, 5.74) is 0.778. The van der Waals surface area contributed by atoms with Crippen LogP contribution in [0.3, 0.4) is 0 Å². The Morgan fingerprint density at radius 3 is 2.31 bits per heavy atom. The Balaban J connectivity index is 0.00000338. The van der Waals surface area contributed by atoms with E-state index < -0.39 is 0 Å². The highest BCUT2D eigenvalue weighted by molar-refractivity contribution is 14.0. The first-order valence-corrected chi connectivity index (χ1v) is 9.31. The molecule has 0 aliphatic rings. The lowest BCUT2D eigenvalue weighted by atomic mass is 10.3. The van der Waals surface area contributed by atoms with Gasteiger partial charge in [0.25, 0.3) is 0 Å². The minimum absolute atomic E-state index is 0. The van der Waals surface area contributed by atoms with Crippen molar-refractivity contribution in [3.8, 4) is 0 Å². The normalized spacial score (nSPS) is 10.6. The van der Waals surface area contributed by atoms with Gasteiger partial charge in [-0.05, 0) is 31.2 Å². The van der Waals surface area contributed by atoms with Gasteiger partial charge in [0.1, 0.15) is 6.54 Å². The average Bonchev–Trinajstić information content (AvgIpc) is 2.65. The molecule has 0 saturated heterocycles. The molecule has 2 rings (SSSR count). The molecule has 26 heavy (non-hydrogen) atoms. The number of hydrogen-bond donors (Lipinski definition) is 3. The van der Waals surface area contributed by atoms with E-state index >= 15 is 0 Å². The molecule has 0 fully saturated rings. The van der Waals surface area contributed by atoms with Gasteiger partial charge in [0, 0.05) is 29.4 Å². The van der Waals surface area contributed by atoms with E-state index in [4.69, 9.17) is 0 Å². The number of anilines is 1. The van der Waals surface area contributed by atoms with Crippen LogP contribution in [0.2, 0.25) is 0 Å². The number of rotatable bonds is 8. The topological polar surface area (TPSA) is 65.5 Å². The number of thioether (sulfide) groups is 1. The summed E-state index contributed by atoms with van der Waals surface area (Å²) in [5, 5.41) is 9.22. The van der Waals surface area contributed by atoms with Crippen LogP contribution in [0.15, 0.2) is 70.6 Å². The summed E-state index contributed by atoms with van der Waals surface area (Å²) >= 11 is 1.78. The zero-order valence-corrected chi connectivity index (χ0v) is 17.9. The molecule has 0 radical (unpaired) electrons. The van der Waals surface area contributed by atoms with Crippen molar-refractivity contribution in [3.05, 3.63) is 60.7 Å². The summed E-state index contributed by atoms with van der Waals surface area (Å²) < 4.78 is 0. The first kappa shape index (κ1) is 22.3. The molecule has 2 aromatic carbocycles. The molecule has 1 amide bonds. The van der Waals surface area contributed by atoms with Crippen LogP contribution >= 0.6 is 35.7 Å². The van der Waals surface area contributed by atoms with Gasteiger partial charge in [0.05, 0.1) is 0 Å². The smallest absolute Gasteiger partial charge is 0.246 e. The number of guanidine groups is 1. The quantitative estimate of drug-likeness (QED) is 0.176. The number of hydrogen-bond acceptors (Lipinski definition) is 3. The fraction of sp³-hybridized carbons (Fsp3) is 0.263. The van der Waals surface area contributed by atoms with E-state index in [-0.39, 0.29) is 36.4 Å². The summed E-state index contributed by atoms with van der Waals surface area (Å²) in [7, 11) is 0. The predicted molar refractivity (Wildman–Crippen MR) is 122 cm³/mol. The van der Waals surface area contributed by atoms with Crippen molar-refractivity contribution >= 4 is 53.3 Å². The van der Waals surface area contributed by atoms with Crippen molar-refractivity contribution in [2.24, 2.45) is 4.99 Å². The Kier molecular flexibility index (Phi) is 11.5. The van der Waals surface area contributed by atoms with Crippen LogP contribution in [0.4, 0.5) is 5.69 Å². The fourth-order valence-electron chi connectivity index (χ4n) is 2.07. The number of carbonyl (C=O) groups is 1. The number of nitrogens with one attached hydrogen (secondary N) is 3. The zero-order valence-electron chi connectivity index (χ0n) is 14.8. The van der Waals surface area contributed by atoms with Crippen molar-refractivity contribution < 1.29 is 4.79 Å². The van der Waals surface area contributed by atoms with Gasteiger partial charge in [0.15, 0.2) is 5.96 Å². The molecular formula is C19H25IN4OS. The number of carbonyl (C=O) groups excluding carboxylic acids is 1. The van der Waals surface area contributed by atoms with Crippen LogP contribution in [0.1, 0.15) is 6.92 Å². The van der Waals surface area contributed by atoms with Gasteiger partial charge in [-0.1, -0.05) is 36.4 Å². The van der Waals surface area contributed by atoms with E-state index in [1.54, 1.807) is 11.8 Å². The molecule has 0 spiro atoms. The third-order valence-electron chi connectivity index (χ3n) is 3.19. The largest absolute Gasteiger partial charge is 0.357 e. The minimum Gasteiger partial charge on any atom is -0.357 e. The van der Waals surface area contributed by atoms with Crippen molar-refractivity contribution in [2.45, 2.75) is 11.8 Å². The number of para-hydroxylation sites is 1. The van der Waals surface area contributed by atoms with E-state index in [1.807, 2.05) is 55.5 Å². The zero-order chi connectivity index (χ0) is 17.7. The lowest BCUT2D eigenvalue weighted by molar-refractivity contribution is -0.114. The fourth-order valence-corrected chi connectivity index (χ4v) is 2.86. The number of aliphatic imine (C=N–C) groups is 1.